The summed E-state index contributed by atoms with van der Waals surface area (Å²) in [6.07, 6.45) is -0.144. The van der Waals surface area contributed by atoms with E-state index in [9.17, 15) is 22.8 Å². The second-order valence-corrected chi connectivity index (χ2v) is 8.27. The van der Waals surface area contributed by atoms with Gasteiger partial charge in [-0.2, -0.15) is 13.2 Å². The molecule has 3 heterocycles. The summed E-state index contributed by atoms with van der Waals surface area (Å²) in [5.41, 5.74) is -0.416. The van der Waals surface area contributed by atoms with Crippen LogP contribution in [0.3, 0.4) is 0 Å². The zero-order valence-electron chi connectivity index (χ0n) is 19.0. The van der Waals surface area contributed by atoms with Gasteiger partial charge in [0.2, 0.25) is 0 Å². The van der Waals surface area contributed by atoms with Crippen molar-refractivity contribution in [2.45, 2.75) is 19.1 Å². The Morgan fingerprint density at radius 2 is 1.72 bits per heavy atom. The van der Waals surface area contributed by atoms with Gasteiger partial charge in [-0.25, -0.2) is 0 Å². The number of benzene rings is 2. The molecule has 0 aliphatic heterocycles. The molecular weight excluding hydrogens is 469 g/mol. The van der Waals surface area contributed by atoms with Crippen molar-refractivity contribution in [2.24, 2.45) is 0 Å². The first-order chi connectivity index (χ1) is 17.3. The number of pyridine rings is 3. The predicted octanol–water partition coefficient (Wildman–Crippen LogP) is 5.44. The minimum absolute atomic E-state index is 0.131. The molecule has 0 spiro atoms. The third-order valence-electron chi connectivity index (χ3n) is 5.94. The number of nitrogens with one attached hydrogen (secondary N) is 1. The van der Waals surface area contributed by atoms with Crippen molar-refractivity contribution in [1.82, 2.24) is 19.9 Å². The summed E-state index contributed by atoms with van der Waals surface area (Å²) < 4.78 is 42.5. The molecule has 1 amide bonds. The monoisotopic (exact) mass is 488 g/mol. The average molecular weight is 488 g/mol. The first kappa shape index (κ1) is 23.2. The second kappa shape index (κ2) is 8.92. The molecule has 0 saturated heterocycles. The number of para-hydroxylation sites is 1. The van der Waals surface area contributed by atoms with Crippen LogP contribution in [0.1, 0.15) is 34.6 Å². The lowest BCUT2D eigenvalue weighted by Crippen LogP contribution is -2.32. The van der Waals surface area contributed by atoms with Gasteiger partial charge in [-0.1, -0.05) is 30.3 Å². The van der Waals surface area contributed by atoms with E-state index < -0.39 is 34.6 Å². The zero-order valence-corrected chi connectivity index (χ0v) is 19.0. The van der Waals surface area contributed by atoms with Gasteiger partial charge >= 0.3 is 6.18 Å². The highest BCUT2D eigenvalue weighted by Crippen LogP contribution is 2.34. The van der Waals surface area contributed by atoms with Crippen LogP contribution in [0.15, 0.2) is 90.1 Å². The van der Waals surface area contributed by atoms with Gasteiger partial charge in [0.15, 0.2) is 0 Å². The van der Waals surface area contributed by atoms with Gasteiger partial charge in [-0.05, 0) is 48.7 Å². The largest absolute Gasteiger partial charge is 0.417 e. The molecule has 0 fully saturated rings. The molecule has 0 aliphatic carbocycles. The van der Waals surface area contributed by atoms with Gasteiger partial charge in [0.1, 0.15) is 0 Å². The summed E-state index contributed by atoms with van der Waals surface area (Å²) in [7, 11) is 0. The molecule has 9 heteroatoms. The van der Waals surface area contributed by atoms with E-state index in [0.29, 0.717) is 22.3 Å². The molecule has 1 unspecified atom stereocenters. The lowest BCUT2D eigenvalue weighted by Gasteiger charge is -2.22. The first-order valence-corrected chi connectivity index (χ1v) is 11.1. The molecular formula is C27H19F3N4O2. The molecule has 1 N–H and O–H groups in total. The van der Waals surface area contributed by atoms with Crippen LogP contribution in [-0.4, -0.2) is 20.4 Å². The van der Waals surface area contributed by atoms with E-state index in [2.05, 4.69) is 15.3 Å². The van der Waals surface area contributed by atoms with Crippen molar-refractivity contribution < 1.29 is 18.0 Å². The predicted molar refractivity (Wildman–Crippen MR) is 130 cm³/mol. The Labute approximate surface area is 203 Å². The molecule has 1 atom stereocenters. The maximum absolute atomic E-state index is 13.8. The number of aromatic nitrogens is 3. The molecule has 2 aromatic carbocycles. The maximum atomic E-state index is 13.8. The Morgan fingerprint density at radius 3 is 2.47 bits per heavy atom. The van der Waals surface area contributed by atoms with Crippen LogP contribution in [0.25, 0.3) is 27.4 Å². The molecule has 6 nitrogen and oxygen atoms in total. The zero-order chi connectivity index (χ0) is 25.4. The summed E-state index contributed by atoms with van der Waals surface area (Å²) in [6, 6.07) is 16.2. The second-order valence-electron chi connectivity index (χ2n) is 8.27. The summed E-state index contributed by atoms with van der Waals surface area (Å²) in [5, 5.41) is 3.23. The molecule has 0 saturated carbocycles. The van der Waals surface area contributed by atoms with Gasteiger partial charge in [0, 0.05) is 35.4 Å². The smallest absolute Gasteiger partial charge is 0.344 e. The quantitative estimate of drug-likeness (QED) is 0.365. The Morgan fingerprint density at radius 1 is 0.972 bits per heavy atom. The Balaban J connectivity index is 1.67. The van der Waals surface area contributed by atoms with Crippen LogP contribution in [-0.2, 0) is 6.18 Å². The molecule has 180 valence electrons. The van der Waals surface area contributed by atoms with Crippen LogP contribution in [0.4, 0.5) is 13.2 Å². The van der Waals surface area contributed by atoms with Crippen molar-refractivity contribution in [3.05, 3.63) is 112 Å². The summed E-state index contributed by atoms with van der Waals surface area (Å²) >= 11 is 0. The average Bonchev–Trinajstić information content (AvgIpc) is 2.87. The van der Waals surface area contributed by atoms with Crippen molar-refractivity contribution in [1.29, 1.82) is 0 Å². The van der Waals surface area contributed by atoms with Gasteiger partial charge in [-0.3, -0.25) is 24.1 Å². The number of carbonyl (C=O) groups excluding carboxylic acids is 1. The molecule has 5 rings (SSSR count). The standard InChI is InChI=1S/C27H19F3N4O2/c1-16(33-25(35)20-15-31-14-18-8-6-12-32-24(18)20)22-13-17-7-5-11-21(27(28,29)30)23(17)26(36)34(22)19-9-3-2-4-10-19/h2-16H,1H3,(H,33,35). The van der Waals surface area contributed by atoms with E-state index in [4.69, 9.17) is 0 Å². The molecule has 36 heavy (non-hydrogen) atoms. The number of hydrogen-bond donors (Lipinski definition) is 1. The van der Waals surface area contributed by atoms with Gasteiger partial charge in [0.05, 0.1) is 28.1 Å². The van der Waals surface area contributed by atoms with E-state index in [1.54, 1.807) is 61.8 Å². The molecule has 0 radical (unpaired) electrons. The Kier molecular flexibility index (Phi) is 5.75. The van der Waals surface area contributed by atoms with Gasteiger partial charge < -0.3 is 5.32 Å². The highest BCUT2D eigenvalue weighted by molar-refractivity contribution is 6.05. The number of amides is 1. The highest BCUT2D eigenvalue weighted by atomic mass is 19.4. The Hall–Kier alpha value is -4.53. The highest BCUT2D eigenvalue weighted by Gasteiger charge is 2.34. The van der Waals surface area contributed by atoms with E-state index in [0.717, 1.165) is 6.07 Å². The van der Waals surface area contributed by atoms with Gasteiger partial charge in [0.25, 0.3) is 11.5 Å². The number of nitrogens with zero attached hydrogens (tertiary/aromatic N) is 3. The summed E-state index contributed by atoms with van der Waals surface area (Å²) in [5.74, 6) is -0.476. The van der Waals surface area contributed by atoms with E-state index in [1.165, 1.54) is 29.0 Å². The molecule has 5 aromatic rings. The molecule has 0 aliphatic rings. The number of carbonyl (C=O) groups is 1. The number of hydrogen-bond acceptors (Lipinski definition) is 4. The fraction of sp³-hybridized carbons (Fsp3) is 0.111. The van der Waals surface area contributed by atoms with Crippen LogP contribution in [0, 0.1) is 0 Å². The third-order valence-corrected chi connectivity index (χ3v) is 5.94. The minimum atomic E-state index is -4.71. The molecule has 3 aromatic heterocycles. The van der Waals surface area contributed by atoms with E-state index >= 15 is 0 Å². The number of fused-ring (bicyclic) bond motifs is 2. The lowest BCUT2D eigenvalue weighted by atomic mass is 10.0. The SMILES string of the molecule is CC(NC(=O)c1cncc2cccnc12)c1cc2cccc(C(F)(F)F)c2c(=O)n1-c1ccccc1. The Bertz CT molecular complexity index is 1660. The fourth-order valence-corrected chi connectivity index (χ4v) is 4.30. The van der Waals surface area contributed by atoms with Crippen LogP contribution < -0.4 is 10.9 Å². The van der Waals surface area contributed by atoms with Crippen LogP contribution in [0.5, 0.6) is 0 Å². The van der Waals surface area contributed by atoms with Crippen LogP contribution >= 0.6 is 0 Å². The maximum Gasteiger partial charge on any atom is 0.417 e. The first-order valence-electron chi connectivity index (χ1n) is 11.1. The third kappa shape index (κ3) is 4.08. The number of alkyl halides is 3. The van der Waals surface area contributed by atoms with Gasteiger partial charge in [-0.15, -0.1) is 0 Å². The normalized spacial score (nSPS) is 12.6. The van der Waals surface area contributed by atoms with Crippen molar-refractivity contribution in [3.8, 4) is 5.69 Å². The van der Waals surface area contributed by atoms with Crippen molar-refractivity contribution in [2.75, 3.05) is 0 Å². The van der Waals surface area contributed by atoms with Crippen LogP contribution in [0.2, 0.25) is 0 Å². The van der Waals surface area contributed by atoms with Crippen molar-refractivity contribution >= 4 is 27.6 Å². The fourth-order valence-electron chi connectivity index (χ4n) is 4.30. The number of rotatable bonds is 4. The minimum Gasteiger partial charge on any atom is -0.344 e. The number of halogens is 3. The van der Waals surface area contributed by atoms with E-state index in [-0.39, 0.29) is 10.9 Å². The van der Waals surface area contributed by atoms with Crippen molar-refractivity contribution in [3.63, 3.8) is 0 Å². The van der Waals surface area contributed by atoms with E-state index in [1.807, 2.05) is 0 Å². The summed E-state index contributed by atoms with van der Waals surface area (Å²) in [6.45, 7) is 1.66. The topological polar surface area (TPSA) is 76.9 Å². The molecule has 0 bridgehead atoms. The summed E-state index contributed by atoms with van der Waals surface area (Å²) in [4.78, 5) is 35.2. The lowest BCUT2D eigenvalue weighted by molar-refractivity contribution is -0.136.